The lowest BCUT2D eigenvalue weighted by atomic mass is 10.1. The number of aliphatic hydroxyl groups excluding tert-OH is 1. The number of hydrogen-bond donors (Lipinski definition) is 1. The zero-order chi connectivity index (χ0) is 12.3. The number of rotatable bonds is 4. The van der Waals surface area contributed by atoms with Crippen LogP contribution < -0.4 is 10.4 Å². The molecule has 1 aromatic carbocycles. The van der Waals surface area contributed by atoms with Crippen molar-refractivity contribution in [1.82, 2.24) is 0 Å². The van der Waals surface area contributed by atoms with Crippen LogP contribution in [-0.4, -0.2) is 17.8 Å². The molecule has 0 aliphatic carbocycles. The zero-order valence-corrected chi connectivity index (χ0v) is 9.74. The molecule has 0 fully saturated rings. The molecule has 0 saturated carbocycles. The highest BCUT2D eigenvalue weighted by Crippen LogP contribution is 2.23. The number of ether oxygens (including phenoxy) is 1. The fourth-order valence-electron chi connectivity index (χ4n) is 1.69. The smallest absolute Gasteiger partial charge is 0.336 e. The van der Waals surface area contributed by atoms with Crippen molar-refractivity contribution >= 4 is 22.6 Å². The highest BCUT2D eigenvalue weighted by molar-refractivity contribution is 6.17. The average molecular weight is 255 g/mol. The fraction of sp³-hybridized carbons (Fsp3) is 0.250. The number of benzene rings is 1. The maximum Gasteiger partial charge on any atom is 0.336 e. The molecule has 2 rings (SSSR count). The van der Waals surface area contributed by atoms with Gasteiger partial charge < -0.3 is 14.3 Å². The molecule has 1 aromatic heterocycles. The van der Waals surface area contributed by atoms with Crippen LogP contribution in [0.4, 0.5) is 0 Å². The number of aliphatic hydroxyl groups is 1. The first-order valence-electron chi connectivity index (χ1n) is 5.11. The van der Waals surface area contributed by atoms with E-state index in [1.165, 1.54) is 6.07 Å². The summed E-state index contributed by atoms with van der Waals surface area (Å²) in [4.78, 5) is 11.3. The number of hydrogen-bond acceptors (Lipinski definition) is 4. The van der Waals surface area contributed by atoms with Gasteiger partial charge in [-0.1, -0.05) is 11.6 Å². The molecule has 0 saturated heterocycles. The second-order valence-corrected chi connectivity index (χ2v) is 3.69. The van der Waals surface area contributed by atoms with E-state index in [2.05, 4.69) is 0 Å². The number of alkyl halides is 1. The van der Waals surface area contributed by atoms with Crippen LogP contribution >= 0.6 is 11.6 Å². The van der Waals surface area contributed by atoms with Gasteiger partial charge in [0.05, 0.1) is 0 Å². The molecule has 4 nitrogen and oxygen atoms in total. The van der Waals surface area contributed by atoms with Gasteiger partial charge in [0, 0.05) is 24.1 Å². The van der Waals surface area contributed by atoms with E-state index in [0.717, 1.165) is 10.9 Å². The molecule has 0 aliphatic rings. The maximum atomic E-state index is 11.3. The van der Waals surface area contributed by atoms with E-state index in [0.29, 0.717) is 17.8 Å². The average Bonchev–Trinajstić information content (AvgIpc) is 2.29. The molecule has 1 N–H and O–H groups in total. The third-order valence-corrected chi connectivity index (χ3v) is 2.51. The number of fused-ring (bicyclic) bond motifs is 1. The quantitative estimate of drug-likeness (QED) is 0.669. The molecular formula is C12H11ClO4. The lowest BCUT2D eigenvalue weighted by molar-refractivity contribution is 0.300. The van der Waals surface area contributed by atoms with Crippen molar-refractivity contribution in [2.75, 3.05) is 12.7 Å². The Bertz CT molecular complexity index is 576. The predicted octanol–water partition coefficient (Wildman–Crippen LogP) is 1.90. The monoisotopic (exact) mass is 254 g/mol. The Kier molecular flexibility index (Phi) is 3.66. The third-order valence-electron chi connectivity index (χ3n) is 2.40. The Balaban J connectivity index is 2.58. The van der Waals surface area contributed by atoms with Crippen molar-refractivity contribution in [2.24, 2.45) is 0 Å². The van der Waals surface area contributed by atoms with Crippen LogP contribution in [0.25, 0.3) is 11.0 Å². The van der Waals surface area contributed by atoms with Gasteiger partial charge in [-0.2, -0.15) is 0 Å². The van der Waals surface area contributed by atoms with Gasteiger partial charge in [0.25, 0.3) is 0 Å². The van der Waals surface area contributed by atoms with Crippen molar-refractivity contribution in [3.63, 3.8) is 0 Å². The number of halogens is 1. The normalized spacial score (nSPS) is 10.7. The molecule has 0 atom stereocenters. The standard InChI is InChI=1S/C12H11ClO4/c13-7-16-9-1-2-10-8(3-4-14)5-12(15)17-11(10)6-9/h1-2,5-6,14H,3-4,7H2. The van der Waals surface area contributed by atoms with E-state index in [1.54, 1.807) is 18.2 Å². The summed E-state index contributed by atoms with van der Waals surface area (Å²) in [7, 11) is 0. The van der Waals surface area contributed by atoms with Crippen LogP contribution in [0.5, 0.6) is 5.75 Å². The molecular weight excluding hydrogens is 244 g/mol. The summed E-state index contributed by atoms with van der Waals surface area (Å²) in [6.45, 7) is -0.0154. The first-order valence-corrected chi connectivity index (χ1v) is 5.64. The summed E-state index contributed by atoms with van der Waals surface area (Å²) >= 11 is 5.45. The van der Waals surface area contributed by atoms with E-state index in [1.807, 2.05) is 0 Å². The topological polar surface area (TPSA) is 59.7 Å². The molecule has 2 aromatic rings. The van der Waals surface area contributed by atoms with E-state index in [9.17, 15) is 4.79 Å². The molecule has 0 amide bonds. The second-order valence-electron chi connectivity index (χ2n) is 3.48. The van der Waals surface area contributed by atoms with Gasteiger partial charge >= 0.3 is 5.63 Å². The summed E-state index contributed by atoms with van der Waals surface area (Å²) in [5, 5.41) is 9.73. The summed E-state index contributed by atoms with van der Waals surface area (Å²) in [6.07, 6.45) is 0.414. The molecule has 90 valence electrons. The molecule has 0 aliphatic heterocycles. The largest absolute Gasteiger partial charge is 0.478 e. The molecule has 0 unspecified atom stereocenters. The van der Waals surface area contributed by atoms with Gasteiger partial charge in [-0.15, -0.1) is 0 Å². The van der Waals surface area contributed by atoms with Crippen LogP contribution in [0.15, 0.2) is 33.5 Å². The Labute approximate surface area is 102 Å². The molecule has 17 heavy (non-hydrogen) atoms. The van der Waals surface area contributed by atoms with Crippen molar-refractivity contribution in [3.05, 3.63) is 40.2 Å². The highest BCUT2D eigenvalue weighted by atomic mass is 35.5. The van der Waals surface area contributed by atoms with E-state index in [-0.39, 0.29) is 12.7 Å². The highest BCUT2D eigenvalue weighted by Gasteiger charge is 2.06. The van der Waals surface area contributed by atoms with E-state index < -0.39 is 5.63 Å². The van der Waals surface area contributed by atoms with Crippen LogP contribution in [-0.2, 0) is 6.42 Å². The van der Waals surface area contributed by atoms with E-state index >= 15 is 0 Å². The van der Waals surface area contributed by atoms with Crippen LogP contribution in [0.2, 0.25) is 0 Å². The molecule has 0 radical (unpaired) electrons. The van der Waals surface area contributed by atoms with Crippen LogP contribution in [0.1, 0.15) is 5.56 Å². The summed E-state index contributed by atoms with van der Waals surface area (Å²) in [5.74, 6) is 0.539. The van der Waals surface area contributed by atoms with E-state index in [4.69, 9.17) is 25.9 Å². The van der Waals surface area contributed by atoms with Gasteiger partial charge in [-0.05, 0) is 24.1 Å². The molecule has 5 heteroatoms. The second kappa shape index (κ2) is 5.21. The first-order chi connectivity index (χ1) is 8.24. The minimum absolute atomic E-state index is 0.0154. The van der Waals surface area contributed by atoms with Gasteiger partial charge in [-0.25, -0.2) is 4.79 Å². The third kappa shape index (κ3) is 2.60. The molecule has 0 spiro atoms. The van der Waals surface area contributed by atoms with Crippen LogP contribution in [0, 0.1) is 0 Å². The molecule has 0 bridgehead atoms. The summed E-state index contributed by atoms with van der Waals surface area (Å²) in [6, 6.07) is 6.56. The van der Waals surface area contributed by atoms with Gasteiger partial charge in [0.15, 0.2) is 6.07 Å². The van der Waals surface area contributed by atoms with Gasteiger partial charge in [-0.3, -0.25) is 0 Å². The maximum absolute atomic E-state index is 11.3. The lowest BCUT2D eigenvalue weighted by Crippen LogP contribution is -2.02. The Morgan fingerprint density at radius 2 is 2.18 bits per heavy atom. The molecule has 1 heterocycles. The first kappa shape index (κ1) is 12.0. The zero-order valence-electron chi connectivity index (χ0n) is 8.98. The summed E-state index contributed by atoms with van der Waals surface area (Å²) < 4.78 is 10.2. The fourth-order valence-corrected chi connectivity index (χ4v) is 1.82. The predicted molar refractivity (Wildman–Crippen MR) is 64.6 cm³/mol. The Morgan fingerprint density at radius 1 is 1.35 bits per heavy atom. The SMILES string of the molecule is O=c1cc(CCO)c2ccc(OCCl)cc2o1. The van der Waals surface area contributed by atoms with Crippen molar-refractivity contribution in [3.8, 4) is 5.75 Å². The lowest BCUT2D eigenvalue weighted by Gasteiger charge is -2.06. The van der Waals surface area contributed by atoms with Gasteiger partial charge in [0.1, 0.15) is 11.3 Å². The summed E-state index contributed by atoms with van der Waals surface area (Å²) in [5.41, 5.74) is 0.753. The van der Waals surface area contributed by atoms with Crippen LogP contribution in [0.3, 0.4) is 0 Å². The van der Waals surface area contributed by atoms with Crippen molar-refractivity contribution in [2.45, 2.75) is 6.42 Å². The Hall–Kier alpha value is -1.52. The minimum Gasteiger partial charge on any atom is -0.478 e. The van der Waals surface area contributed by atoms with Crippen molar-refractivity contribution in [1.29, 1.82) is 0 Å². The Morgan fingerprint density at radius 3 is 2.88 bits per heavy atom. The van der Waals surface area contributed by atoms with Gasteiger partial charge in [0.2, 0.25) is 0 Å². The minimum atomic E-state index is -0.441. The van der Waals surface area contributed by atoms with Crippen molar-refractivity contribution < 1.29 is 14.3 Å².